The SMILES string of the molecule is c1ccc2c(c1)c1ccccc1n2-c1ccc2oc3ccc(-c4cnnc(-n5c6ccccc6c6ccccc65)c4)cc3c2c1. The van der Waals surface area contributed by atoms with E-state index < -0.39 is 0 Å². The van der Waals surface area contributed by atoms with Crippen molar-refractivity contribution >= 4 is 65.6 Å². The Bertz CT molecular complexity index is 2670. The summed E-state index contributed by atoms with van der Waals surface area (Å²) in [5.41, 5.74) is 9.48. The van der Waals surface area contributed by atoms with E-state index in [2.05, 4.69) is 159 Å². The number of rotatable bonds is 3. The quantitative estimate of drug-likeness (QED) is 0.210. The van der Waals surface area contributed by atoms with Crippen molar-refractivity contribution in [1.29, 1.82) is 0 Å². The monoisotopic (exact) mass is 576 g/mol. The molecule has 0 saturated heterocycles. The van der Waals surface area contributed by atoms with Gasteiger partial charge in [0.2, 0.25) is 0 Å². The Labute approximate surface area is 257 Å². The smallest absolute Gasteiger partial charge is 0.160 e. The van der Waals surface area contributed by atoms with Gasteiger partial charge in [-0.2, -0.15) is 5.10 Å². The number of furan rings is 1. The molecular weight excluding hydrogens is 552 g/mol. The number of hydrogen-bond donors (Lipinski definition) is 0. The van der Waals surface area contributed by atoms with E-state index in [0.29, 0.717) is 0 Å². The second-order valence-electron chi connectivity index (χ2n) is 11.5. The summed E-state index contributed by atoms with van der Waals surface area (Å²) in [5.74, 6) is 0.788. The Hall–Kier alpha value is -6.20. The molecule has 0 unspecified atom stereocenters. The lowest BCUT2D eigenvalue weighted by Crippen LogP contribution is -1.99. The summed E-state index contributed by atoms with van der Waals surface area (Å²) in [7, 11) is 0. The highest BCUT2D eigenvalue weighted by atomic mass is 16.3. The molecule has 0 N–H and O–H groups in total. The van der Waals surface area contributed by atoms with Crippen molar-refractivity contribution in [3.05, 3.63) is 146 Å². The molecule has 0 aliphatic heterocycles. The van der Waals surface area contributed by atoms with Gasteiger partial charge < -0.3 is 8.98 Å². The topological polar surface area (TPSA) is 48.8 Å². The lowest BCUT2D eigenvalue weighted by atomic mass is 10.0. The van der Waals surface area contributed by atoms with Crippen LogP contribution in [-0.2, 0) is 0 Å². The van der Waals surface area contributed by atoms with Gasteiger partial charge in [-0.15, -0.1) is 5.10 Å². The zero-order chi connectivity index (χ0) is 29.5. The van der Waals surface area contributed by atoms with Crippen LogP contribution in [0.2, 0.25) is 0 Å². The third-order valence-electron chi connectivity index (χ3n) is 9.08. The van der Waals surface area contributed by atoms with Crippen LogP contribution in [0.25, 0.3) is 88.2 Å². The van der Waals surface area contributed by atoms with Crippen LogP contribution in [0, 0.1) is 0 Å². The molecule has 210 valence electrons. The van der Waals surface area contributed by atoms with Crippen molar-refractivity contribution in [2.75, 3.05) is 0 Å². The zero-order valence-electron chi connectivity index (χ0n) is 24.1. The molecule has 0 amide bonds. The maximum absolute atomic E-state index is 6.33. The molecular formula is C40H24N4O. The minimum atomic E-state index is 0.788. The molecule has 4 heterocycles. The first kappa shape index (κ1) is 24.3. The van der Waals surface area contributed by atoms with Crippen LogP contribution >= 0.6 is 0 Å². The largest absolute Gasteiger partial charge is 0.456 e. The molecule has 10 aromatic rings. The van der Waals surface area contributed by atoms with Crippen molar-refractivity contribution in [1.82, 2.24) is 19.3 Å². The number of aromatic nitrogens is 4. The summed E-state index contributed by atoms with van der Waals surface area (Å²) >= 11 is 0. The maximum Gasteiger partial charge on any atom is 0.160 e. The van der Waals surface area contributed by atoms with Crippen LogP contribution in [0.1, 0.15) is 0 Å². The molecule has 10 rings (SSSR count). The lowest BCUT2D eigenvalue weighted by Gasteiger charge is -2.09. The van der Waals surface area contributed by atoms with Crippen molar-refractivity contribution in [2.24, 2.45) is 0 Å². The van der Waals surface area contributed by atoms with Crippen molar-refractivity contribution < 1.29 is 4.42 Å². The molecule has 0 spiro atoms. The minimum Gasteiger partial charge on any atom is -0.456 e. The molecule has 0 saturated carbocycles. The van der Waals surface area contributed by atoms with Gasteiger partial charge in [0.25, 0.3) is 0 Å². The van der Waals surface area contributed by atoms with Crippen molar-refractivity contribution in [3.63, 3.8) is 0 Å². The second-order valence-corrected chi connectivity index (χ2v) is 11.5. The van der Waals surface area contributed by atoms with Crippen LogP contribution in [0.3, 0.4) is 0 Å². The fourth-order valence-corrected chi connectivity index (χ4v) is 7.08. The highest BCUT2D eigenvalue weighted by Crippen LogP contribution is 2.37. The van der Waals surface area contributed by atoms with E-state index in [1.165, 1.54) is 32.6 Å². The van der Waals surface area contributed by atoms with E-state index >= 15 is 0 Å². The molecule has 0 aliphatic rings. The van der Waals surface area contributed by atoms with Gasteiger partial charge in [-0.1, -0.05) is 78.9 Å². The predicted molar refractivity (Wildman–Crippen MR) is 183 cm³/mol. The maximum atomic E-state index is 6.33. The van der Waals surface area contributed by atoms with Gasteiger partial charge in [0.1, 0.15) is 11.2 Å². The van der Waals surface area contributed by atoms with Crippen LogP contribution in [0.4, 0.5) is 0 Å². The van der Waals surface area contributed by atoms with Crippen molar-refractivity contribution in [2.45, 2.75) is 0 Å². The Kier molecular flexibility index (Phi) is 4.93. The zero-order valence-corrected chi connectivity index (χ0v) is 24.1. The Morgan fingerprint density at radius 1 is 0.422 bits per heavy atom. The fourth-order valence-electron chi connectivity index (χ4n) is 7.08. The molecule has 6 aromatic carbocycles. The Morgan fingerprint density at radius 2 is 0.933 bits per heavy atom. The average molecular weight is 577 g/mol. The molecule has 0 atom stereocenters. The van der Waals surface area contributed by atoms with Gasteiger partial charge in [0, 0.05) is 43.6 Å². The Morgan fingerprint density at radius 3 is 1.53 bits per heavy atom. The van der Waals surface area contributed by atoms with E-state index in [4.69, 9.17) is 4.42 Å². The minimum absolute atomic E-state index is 0.788. The van der Waals surface area contributed by atoms with Gasteiger partial charge in [0.15, 0.2) is 5.82 Å². The normalized spacial score (nSPS) is 12.0. The molecule has 5 heteroatoms. The highest BCUT2D eigenvalue weighted by molar-refractivity contribution is 6.11. The van der Waals surface area contributed by atoms with Gasteiger partial charge in [-0.25, -0.2) is 0 Å². The first-order chi connectivity index (χ1) is 22.3. The summed E-state index contributed by atoms with van der Waals surface area (Å²) in [5, 5.41) is 16.1. The molecule has 0 radical (unpaired) electrons. The highest BCUT2D eigenvalue weighted by Gasteiger charge is 2.16. The molecule has 0 aliphatic carbocycles. The summed E-state index contributed by atoms with van der Waals surface area (Å²) in [6.07, 6.45) is 1.84. The molecule has 0 fully saturated rings. The van der Waals surface area contributed by atoms with E-state index in [1.54, 1.807) is 0 Å². The van der Waals surface area contributed by atoms with E-state index in [-0.39, 0.29) is 0 Å². The molecule has 4 aromatic heterocycles. The van der Waals surface area contributed by atoms with Crippen LogP contribution in [0.15, 0.2) is 150 Å². The first-order valence-corrected chi connectivity index (χ1v) is 15.1. The number of hydrogen-bond acceptors (Lipinski definition) is 3. The van der Waals surface area contributed by atoms with E-state index in [9.17, 15) is 0 Å². The molecule has 45 heavy (non-hydrogen) atoms. The third-order valence-corrected chi connectivity index (χ3v) is 9.08. The number of benzene rings is 6. The standard InChI is InChI=1S/C40H24N4O/c1-5-13-34-28(9-1)29-10-2-6-14-35(29)43(34)27-18-20-39-33(23-27)32-21-25(17-19-38(32)45-39)26-22-40(42-41-24-26)44-36-15-7-3-11-30(36)31-12-4-8-16-37(31)44/h1-24H. The number of para-hydroxylation sites is 4. The van der Waals surface area contributed by atoms with Crippen LogP contribution in [-0.4, -0.2) is 19.3 Å². The lowest BCUT2D eigenvalue weighted by molar-refractivity contribution is 0.669. The third kappa shape index (κ3) is 3.49. The van der Waals surface area contributed by atoms with Gasteiger partial charge in [-0.05, 0) is 66.2 Å². The second kappa shape index (κ2) is 9.15. The van der Waals surface area contributed by atoms with Gasteiger partial charge in [-0.3, -0.25) is 4.57 Å². The van der Waals surface area contributed by atoms with E-state index in [1.807, 2.05) is 6.20 Å². The van der Waals surface area contributed by atoms with Gasteiger partial charge >= 0.3 is 0 Å². The van der Waals surface area contributed by atoms with Crippen LogP contribution < -0.4 is 0 Å². The van der Waals surface area contributed by atoms with Crippen molar-refractivity contribution in [3.8, 4) is 22.6 Å². The summed E-state index contributed by atoms with van der Waals surface area (Å²) in [6, 6.07) is 49.1. The number of fused-ring (bicyclic) bond motifs is 9. The first-order valence-electron chi connectivity index (χ1n) is 15.1. The summed E-state index contributed by atoms with van der Waals surface area (Å²) in [6.45, 7) is 0. The summed E-state index contributed by atoms with van der Waals surface area (Å²) < 4.78 is 10.9. The average Bonchev–Trinajstić information content (AvgIpc) is 3.75. The van der Waals surface area contributed by atoms with Crippen LogP contribution in [0.5, 0.6) is 0 Å². The number of nitrogens with zero attached hydrogens (tertiary/aromatic N) is 4. The fraction of sp³-hybridized carbons (Fsp3) is 0. The predicted octanol–water partition coefficient (Wildman–Crippen LogP) is 10.2. The summed E-state index contributed by atoms with van der Waals surface area (Å²) in [4.78, 5) is 0. The molecule has 0 bridgehead atoms. The van der Waals surface area contributed by atoms with Gasteiger partial charge in [0.05, 0.1) is 28.3 Å². The Balaban J connectivity index is 1.15. The van der Waals surface area contributed by atoms with E-state index in [0.717, 1.165) is 55.6 Å². The molecule has 5 nitrogen and oxygen atoms in total.